The molecule has 0 aliphatic heterocycles. The van der Waals surface area contributed by atoms with Crippen LogP contribution >= 0.6 is 0 Å². The number of ether oxygens (including phenoxy) is 4. The summed E-state index contributed by atoms with van der Waals surface area (Å²) in [6.45, 7) is 25.0. The minimum absolute atomic E-state index is 0.00559. The molecule has 0 saturated heterocycles. The summed E-state index contributed by atoms with van der Waals surface area (Å²) in [4.78, 5) is 51.4. The Morgan fingerprint density at radius 1 is 0.500 bits per heavy atom. The van der Waals surface area contributed by atoms with Crippen molar-refractivity contribution in [2.75, 3.05) is 39.5 Å². The Kier molecular flexibility index (Phi) is 33.3. The van der Waals surface area contributed by atoms with Gasteiger partial charge in [-0.2, -0.15) is 0 Å². The zero-order chi connectivity index (χ0) is 43.7. The van der Waals surface area contributed by atoms with E-state index in [0.717, 1.165) is 109 Å². The first-order valence-corrected chi connectivity index (χ1v) is 24.1. The fraction of sp³-hybridized carbons (Fsp3) is 0.918. The van der Waals surface area contributed by atoms with Gasteiger partial charge in [0.2, 0.25) is 0 Å². The highest BCUT2D eigenvalue weighted by molar-refractivity contribution is 5.73. The maximum atomic E-state index is 12.2. The molecule has 0 atom stereocenters. The van der Waals surface area contributed by atoms with Gasteiger partial charge < -0.3 is 18.9 Å². The average Bonchev–Trinajstić information content (AvgIpc) is 3.21. The van der Waals surface area contributed by atoms with Gasteiger partial charge in [-0.1, -0.05) is 126 Å². The molecule has 58 heavy (non-hydrogen) atoms. The van der Waals surface area contributed by atoms with E-state index >= 15 is 0 Å². The predicted molar refractivity (Wildman–Crippen MR) is 239 cm³/mol. The largest absolute Gasteiger partial charge is 0.462 e. The molecule has 0 unspecified atom stereocenters. The molecule has 0 aromatic heterocycles. The van der Waals surface area contributed by atoms with Gasteiger partial charge in [0.1, 0.15) is 26.4 Å². The minimum Gasteiger partial charge on any atom is -0.462 e. The van der Waals surface area contributed by atoms with Crippen molar-refractivity contribution < 1.29 is 38.1 Å². The summed E-state index contributed by atoms with van der Waals surface area (Å²) in [6.07, 6.45) is 24.5. The average molecular weight is 824 g/mol. The van der Waals surface area contributed by atoms with Crippen LogP contribution in [0, 0.1) is 23.2 Å². The van der Waals surface area contributed by atoms with Crippen LogP contribution in [0.15, 0.2) is 0 Å². The summed E-state index contributed by atoms with van der Waals surface area (Å²) in [6, 6.07) is 0. The van der Waals surface area contributed by atoms with E-state index in [9.17, 15) is 19.2 Å². The van der Waals surface area contributed by atoms with Gasteiger partial charge in [-0.05, 0) is 109 Å². The second-order valence-corrected chi connectivity index (χ2v) is 18.2. The van der Waals surface area contributed by atoms with Crippen LogP contribution in [0.5, 0.6) is 0 Å². The van der Waals surface area contributed by atoms with E-state index in [4.69, 9.17) is 18.9 Å². The molecule has 2 aliphatic rings. The Bertz CT molecular complexity index is 1040. The van der Waals surface area contributed by atoms with E-state index in [1.54, 1.807) is 0 Å². The van der Waals surface area contributed by atoms with E-state index in [2.05, 4.69) is 74.1 Å². The van der Waals surface area contributed by atoms with Crippen LogP contribution in [0.1, 0.15) is 223 Å². The quantitative estimate of drug-likeness (QED) is 0.0454. The lowest BCUT2D eigenvalue weighted by atomic mass is 9.71. The molecule has 2 saturated carbocycles. The first-order chi connectivity index (χ1) is 27.7. The van der Waals surface area contributed by atoms with Crippen molar-refractivity contribution in [3.63, 3.8) is 0 Å². The van der Waals surface area contributed by atoms with Gasteiger partial charge in [0.25, 0.3) is 0 Å². The van der Waals surface area contributed by atoms with Crippen LogP contribution in [-0.4, -0.2) is 73.8 Å². The van der Waals surface area contributed by atoms with Crippen molar-refractivity contribution in [2.45, 2.75) is 229 Å². The third-order valence-electron chi connectivity index (χ3n) is 12.8. The molecule has 0 amide bonds. The number of esters is 4. The van der Waals surface area contributed by atoms with Crippen LogP contribution in [0.3, 0.4) is 0 Å². The number of hydrogen-bond donors (Lipinski definition) is 0. The third-order valence-corrected chi connectivity index (χ3v) is 12.8. The fourth-order valence-corrected chi connectivity index (χ4v) is 7.55. The third kappa shape index (κ3) is 26.1. The maximum absolute atomic E-state index is 12.2. The van der Waals surface area contributed by atoms with Crippen molar-refractivity contribution in [1.82, 2.24) is 4.90 Å². The molecule has 0 aromatic rings. The number of unbranched alkanes of at least 4 members (excludes halogenated alkanes) is 8. The van der Waals surface area contributed by atoms with Gasteiger partial charge in [-0.15, -0.1) is 0 Å². The van der Waals surface area contributed by atoms with Crippen molar-refractivity contribution >= 4 is 23.9 Å². The van der Waals surface area contributed by atoms with Crippen LogP contribution in [0.25, 0.3) is 0 Å². The first kappa shape index (κ1) is 55.8. The Morgan fingerprint density at radius 2 is 0.897 bits per heavy atom. The molecule has 0 radical (unpaired) electrons. The second-order valence-electron chi connectivity index (χ2n) is 18.2. The highest BCUT2D eigenvalue weighted by Crippen LogP contribution is 2.39. The van der Waals surface area contributed by atoms with E-state index in [1.165, 1.54) is 44.9 Å². The molecule has 9 nitrogen and oxygen atoms in total. The Morgan fingerprint density at radius 3 is 1.28 bits per heavy atom. The zero-order valence-electron chi connectivity index (χ0n) is 39.7. The summed E-state index contributed by atoms with van der Waals surface area (Å²) < 4.78 is 21.3. The lowest BCUT2D eigenvalue weighted by Gasteiger charge is -2.49. The Balaban J connectivity index is 0.00000288. The maximum Gasteiger partial charge on any atom is 0.309 e. The number of nitrogens with zero attached hydrogens (tertiary/aromatic N) is 1. The predicted octanol–water partition coefficient (Wildman–Crippen LogP) is 12.6. The molecule has 0 N–H and O–H groups in total. The zero-order valence-corrected chi connectivity index (χ0v) is 39.7. The Labute approximate surface area is 357 Å². The van der Waals surface area contributed by atoms with Gasteiger partial charge in [-0.25, -0.2) is 0 Å². The summed E-state index contributed by atoms with van der Waals surface area (Å²) >= 11 is 0. The standard InChI is InChI=1S/C39H69NO8.2C5H12/c1-7-38(3,4)39(5,6)40(25-15-9-13-19-34(41)45-27-29-47-36(43)32-17-11-8-12-18-32)26-16-10-14-20-35(42)46-28-30-48-37(44)33-23-21-31(2)22-24-33;2*1-3-5-4-2/h31-33H,7-30H2,1-6H3;2*3-5H2,1-2H3. The molecule has 2 aliphatic carbocycles. The molecule has 0 aromatic carbocycles. The highest BCUT2D eigenvalue weighted by Gasteiger charge is 2.39. The molecule has 2 rings (SSSR count). The number of rotatable bonds is 27. The van der Waals surface area contributed by atoms with Crippen LogP contribution < -0.4 is 0 Å². The molecule has 0 bridgehead atoms. The molecule has 0 spiro atoms. The molecule has 342 valence electrons. The van der Waals surface area contributed by atoms with E-state index in [-0.39, 0.29) is 73.1 Å². The normalized spacial score (nSPS) is 17.3. The first-order valence-electron chi connectivity index (χ1n) is 24.1. The topological polar surface area (TPSA) is 108 Å². The molecular weight excluding hydrogens is 731 g/mol. The van der Waals surface area contributed by atoms with E-state index in [0.29, 0.717) is 18.8 Å². The smallest absolute Gasteiger partial charge is 0.309 e. The van der Waals surface area contributed by atoms with Crippen molar-refractivity contribution in [3.8, 4) is 0 Å². The van der Waals surface area contributed by atoms with Gasteiger partial charge in [0, 0.05) is 18.4 Å². The summed E-state index contributed by atoms with van der Waals surface area (Å²) in [7, 11) is 0. The van der Waals surface area contributed by atoms with Crippen molar-refractivity contribution in [3.05, 3.63) is 0 Å². The summed E-state index contributed by atoms with van der Waals surface area (Å²) in [5.41, 5.74) is 0.113. The SMILES string of the molecule is CCC(C)(C)C(C)(C)N(CCCCCC(=O)OCCOC(=O)C1CCCCC1)CCCCCC(=O)OCCOC(=O)C1CCC(C)CC1.CCCCC.CCCCC. The molecular formula is C49H93NO8. The van der Waals surface area contributed by atoms with Gasteiger partial charge in [-0.3, -0.25) is 24.1 Å². The van der Waals surface area contributed by atoms with Gasteiger partial charge in [0.15, 0.2) is 0 Å². The second kappa shape index (κ2) is 34.5. The van der Waals surface area contributed by atoms with E-state index in [1.807, 2.05) is 0 Å². The summed E-state index contributed by atoms with van der Waals surface area (Å²) in [5, 5.41) is 0. The van der Waals surface area contributed by atoms with Gasteiger partial charge >= 0.3 is 23.9 Å². The lowest BCUT2D eigenvalue weighted by molar-refractivity contribution is -0.156. The number of hydrogen-bond acceptors (Lipinski definition) is 9. The van der Waals surface area contributed by atoms with Gasteiger partial charge in [0.05, 0.1) is 11.8 Å². The fourth-order valence-electron chi connectivity index (χ4n) is 7.55. The van der Waals surface area contributed by atoms with Crippen LogP contribution in [0.2, 0.25) is 0 Å². The molecule has 9 heteroatoms. The molecule has 0 heterocycles. The summed E-state index contributed by atoms with van der Waals surface area (Å²) in [5.74, 6) is -0.0838. The van der Waals surface area contributed by atoms with Crippen molar-refractivity contribution in [2.24, 2.45) is 23.2 Å². The van der Waals surface area contributed by atoms with Crippen molar-refractivity contribution in [1.29, 1.82) is 0 Å². The Hall–Kier alpha value is -2.16. The minimum atomic E-state index is -0.235. The number of carbonyl (C=O) groups is 4. The van der Waals surface area contributed by atoms with E-state index < -0.39 is 0 Å². The monoisotopic (exact) mass is 824 g/mol. The van der Waals surface area contributed by atoms with Crippen LogP contribution in [-0.2, 0) is 38.1 Å². The van der Waals surface area contributed by atoms with Crippen LogP contribution in [0.4, 0.5) is 0 Å². The lowest BCUT2D eigenvalue weighted by Crippen LogP contribution is -2.54. The number of carbonyl (C=O) groups excluding carboxylic acids is 4. The highest BCUT2D eigenvalue weighted by atomic mass is 16.6. The molecule has 2 fully saturated rings.